The number of ether oxygens (including phenoxy) is 1. The topological polar surface area (TPSA) is 26.3 Å². The van der Waals surface area contributed by atoms with Crippen molar-refractivity contribution in [2.45, 2.75) is 172 Å². The lowest BCUT2D eigenvalue weighted by Gasteiger charge is -2.58. The fourth-order valence-electron chi connectivity index (χ4n) is 10.6. The standard InChI is InChI=1S/C38H49F17O2/c1-20(2)7-6-8-21(3)25-11-12-26-24-10-9-22-19-23(13-16-29(22,4)27(24)14-17-30(25,26)5)57-28(56)15-18-31(39,40)32(41,42)33(43,44)34(45,46)35(47,48)36(49,50)37(51,52)38(53,54)55/h9,20-21,23-27H,6-8,10-19H2,1-5H3. The second-order valence-electron chi connectivity index (χ2n) is 17.8. The van der Waals surface area contributed by atoms with Crippen molar-refractivity contribution < 1.29 is 84.2 Å². The summed E-state index contributed by atoms with van der Waals surface area (Å²) in [4.78, 5) is 12.5. The number of carbonyl (C=O) groups is 1. The van der Waals surface area contributed by atoms with Crippen molar-refractivity contribution in [3.05, 3.63) is 11.6 Å². The molecular formula is C38H49F17O2. The largest absolute Gasteiger partial charge is 0.462 e. The molecule has 0 radical (unpaired) electrons. The molecule has 3 fully saturated rings. The molecule has 4 aliphatic carbocycles. The number of hydrogen-bond acceptors (Lipinski definition) is 2. The van der Waals surface area contributed by atoms with Gasteiger partial charge in [0.05, 0.1) is 6.42 Å². The molecule has 57 heavy (non-hydrogen) atoms. The van der Waals surface area contributed by atoms with Gasteiger partial charge in [-0.3, -0.25) is 4.79 Å². The Bertz CT molecular complexity index is 1490. The van der Waals surface area contributed by atoms with Gasteiger partial charge in [0.2, 0.25) is 0 Å². The SMILES string of the molecule is CC(C)CCCC(C)C1CCC2C3CC=C4CC(OC(=O)CCC(F)(F)C(F)(F)C(F)(F)C(F)(F)C(F)(F)C(F)(F)C(F)(F)C(F)(F)F)CCC4(C)C3CCC12C. The highest BCUT2D eigenvalue weighted by molar-refractivity contribution is 5.69. The molecule has 8 unspecified atom stereocenters. The van der Waals surface area contributed by atoms with Crippen molar-refractivity contribution in [2.75, 3.05) is 0 Å². The molecule has 0 spiro atoms. The van der Waals surface area contributed by atoms with Gasteiger partial charge in [-0.2, -0.15) is 74.6 Å². The van der Waals surface area contributed by atoms with Crippen LogP contribution in [-0.4, -0.2) is 59.7 Å². The Morgan fingerprint density at radius 3 is 1.79 bits per heavy atom. The number of esters is 1. The third-order valence-corrected chi connectivity index (χ3v) is 14.0. The van der Waals surface area contributed by atoms with Gasteiger partial charge in [-0.1, -0.05) is 65.5 Å². The van der Waals surface area contributed by atoms with Crippen molar-refractivity contribution in [3.8, 4) is 0 Å². The lowest BCUT2D eigenvalue weighted by atomic mass is 9.47. The third kappa shape index (κ3) is 7.56. The molecule has 0 aliphatic heterocycles. The molecular weight excluding hydrogens is 811 g/mol. The molecule has 4 aliphatic rings. The Balaban J connectivity index is 1.40. The average molecular weight is 861 g/mol. The highest BCUT2D eigenvalue weighted by Gasteiger charge is 2.95. The van der Waals surface area contributed by atoms with E-state index in [9.17, 15) is 79.4 Å². The first-order chi connectivity index (χ1) is 25.6. The van der Waals surface area contributed by atoms with E-state index >= 15 is 0 Å². The second-order valence-corrected chi connectivity index (χ2v) is 17.8. The molecule has 19 heteroatoms. The summed E-state index contributed by atoms with van der Waals surface area (Å²) in [5.74, 6) is -55.7. The Kier molecular flexibility index (Phi) is 12.7. The van der Waals surface area contributed by atoms with E-state index in [1.807, 2.05) is 0 Å². The Labute approximate surface area is 320 Å². The maximum Gasteiger partial charge on any atom is 0.460 e. The molecule has 332 valence electrons. The van der Waals surface area contributed by atoms with Crippen molar-refractivity contribution in [2.24, 2.45) is 46.3 Å². The average Bonchev–Trinajstić information content (AvgIpc) is 3.43. The van der Waals surface area contributed by atoms with E-state index in [0.717, 1.165) is 37.7 Å². The van der Waals surface area contributed by atoms with Gasteiger partial charge in [0.25, 0.3) is 0 Å². The number of halogens is 17. The van der Waals surface area contributed by atoms with E-state index in [1.54, 1.807) is 0 Å². The predicted molar refractivity (Wildman–Crippen MR) is 173 cm³/mol. The summed E-state index contributed by atoms with van der Waals surface area (Å²) in [6.07, 6.45) is -2.27. The summed E-state index contributed by atoms with van der Waals surface area (Å²) < 4.78 is 237. The molecule has 0 aromatic rings. The van der Waals surface area contributed by atoms with Gasteiger partial charge in [0.15, 0.2) is 0 Å². The van der Waals surface area contributed by atoms with Crippen LogP contribution in [0.1, 0.15) is 118 Å². The number of carbonyl (C=O) groups excluding carboxylic acids is 1. The van der Waals surface area contributed by atoms with E-state index < -0.39 is 72.5 Å². The summed E-state index contributed by atoms with van der Waals surface area (Å²) in [7, 11) is 0. The first-order valence-electron chi connectivity index (χ1n) is 19.2. The molecule has 0 bridgehead atoms. The molecule has 0 saturated heterocycles. The van der Waals surface area contributed by atoms with Crippen LogP contribution in [0.3, 0.4) is 0 Å². The number of rotatable bonds is 15. The second kappa shape index (κ2) is 15.2. The minimum absolute atomic E-state index is 0.103. The van der Waals surface area contributed by atoms with E-state index in [2.05, 4.69) is 40.7 Å². The lowest BCUT2D eigenvalue weighted by molar-refractivity contribution is -0.461. The smallest absolute Gasteiger partial charge is 0.460 e. The predicted octanol–water partition coefficient (Wildman–Crippen LogP) is 13.7. The maximum absolute atomic E-state index is 14.4. The van der Waals surface area contributed by atoms with Gasteiger partial charge in [-0.25, -0.2) is 0 Å². The van der Waals surface area contributed by atoms with Gasteiger partial charge in [-0.15, -0.1) is 0 Å². The van der Waals surface area contributed by atoms with Crippen molar-refractivity contribution in [1.82, 2.24) is 0 Å². The number of alkyl halides is 17. The van der Waals surface area contributed by atoms with Gasteiger partial charge in [0.1, 0.15) is 6.10 Å². The highest BCUT2D eigenvalue weighted by atomic mass is 19.4. The van der Waals surface area contributed by atoms with Crippen LogP contribution in [-0.2, 0) is 9.53 Å². The Hall–Kier alpha value is -1.98. The minimum Gasteiger partial charge on any atom is -0.462 e. The molecule has 0 amide bonds. The first-order valence-corrected chi connectivity index (χ1v) is 19.2. The van der Waals surface area contributed by atoms with E-state index in [4.69, 9.17) is 4.74 Å². The summed E-state index contributed by atoms with van der Waals surface area (Å²) in [5, 5.41) is 0. The Morgan fingerprint density at radius 1 is 0.702 bits per heavy atom. The van der Waals surface area contributed by atoms with Crippen molar-refractivity contribution in [3.63, 3.8) is 0 Å². The van der Waals surface area contributed by atoms with Gasteiger partial charge < -0.3 is 4.74 Å². The third-order valence-electron chi connectivity index (χ3n) is 14.0. The minimum atomic E-state index is -8.69. The van der Waals surface area contributed by atoms with Crippen LogP contribution in [0.4, 0.5) is 74.6 Å². The van der Waals surface area contributed by atoms with Crippen molar-refractivity contribution >= 4 is 5.97 Å². The lowest BCUT2D eigenvalue weighted by Crippen LogP contribution is -2.74. The molecule has 8 atom stereocenters. The van der Waals surface area contributed by atoms with Crippen molar-refractivity contribution in [1.29, 1.82) is 0 Å². The number of fused-ring (bicyclic) bond motifs is 5. The van der Waals surface area contributed by atoms with E-state index in [-0.39, 0.29) is 29.6 Å². The summed E-state index contributed by atoms with van der Waals surface area (Å²) >= 11 is 0. The van der Waals surface area contributed by atoms with Crippen LogP contribution in [0.25, 0.3) is 0 Å². The van der Waals surface area contributed by atoms with Gasteiger partial charge in [-0.05, 0) is 91.3 Å². The van der Waals surface area contributed by atoms with Crippen LogP contribution < -0.4 is 0 Å². The van der Waals surface area contributed by atoms with Gasteiger partial charge in [0, 0.05) is 12.8 Å². The Morgan fingerprint density at radius 2 is 1.25 bits per heavy atom. The zero-order valence-electron chi connectivity index (χ0n) is 32.1. The normalized spacial score (nSPS) is 31.4. The zero-order chi connectivity index (χ0) is 43.8. The molecule has 4 rings (SSSR count). The summed E-state index contributed by atoms with van der Waals surface area (Å²) in [6, 6.07) is 0. The quantitative estimate of drug-likeness (QED) is 0.0932. The molecule has 0 aromatic carbocycles. The monoisotopic (exact) mass is 860 g/mol. The molecule has 2 nitrogen and oxygen atoms in total. The molecule has 0 heterocycles. The molecule has 3 saturated carbocycles. The van der Waals surface area contributed by atoms with Crippen LogP contribution in [0, 0.1) is 46.3 Å². The fourth-order valence-corrected chi connectivity index (χ4v) is 10.6. The molecule has 0 aromatic heterocycles. The van der Waals surface area contributed by atoms with Crippen LogP contribution in [0.5, 0.6) is 0 Å². The summed E-state index contributed by atoms with van der Waals surface area (Å²) in [5.41, 5.74) is 0.781. The van der Waals surface area contributed by atoms with Crippen LogP contribution in [0.2, 0.25) is 0 Å². The number of allylic oxidation sites excluding steroid dienone is 1. The fraction of sp³-hybridized carbons (Fsp3) is 0.921. The maximum atomic E-state index is 14.4. The van der Waals surface area contributed by atoms with Crippen LogP contribution in [0.15, 0.2) is 11.6 Å². The van der Waals surface area contributed by atoms with E-state index in [0.29, 0.717) is 36.0 Å². The highest BCUT2D eigenvalue weighted by Crippen LogP contribution is 2.68. The number of hydrogen-bond donors (Lipinski definition) is 0. The van der Waals surface area contributed by atoms with Gasteiger partial charge >= 0.3 is 53.6 Å². The molecule has 0 N–H and O–H groups in total. The van der Waals surface area contributed by atoms with Crippen LogP contribution >= 0.6 is 0 Å². The zero-order valence-corrected chi connectivity index (χ0v) is 32.1. The first kappa shape index (κ1) is 47.7. The van der Waals surface area contributed by atoms with E-state index in [1.165, 1.54) is 19.3 Å². The summed E-state index contributed by atoms with van der Waals surface area (Å²) in [6.45, 7) is 11.3.